The van der Waals surface area contributed by atoms with Crippen LogP contribution in [-0.4, -0.2) is 9.78 Å². The van der Waals surface area contributed by atoms with Gasteiger partial charge in [-0.2, -0.15) is 5.10 Å². The number of rotatable bonds is 3. The number of nitrogen functional groups attached to an aromatic ring is 1. The van der Waals surface area contributed by atoms with Gasteiger partial charge < -0.3 is 5.73 Å². The molecule has 1 unspecified atom stereocenters. The second kappa shape index (κ2) is 5.43. The predicted octanol–water partition coefficient (Wildman–Crippen LogP) is 4.49. The summed E-state index contributed by atoms with van der Waals surface area (Å²) in [5, 5.41) is 5.70. The molecule has 0 aliphatic carbocycles. The molecule has 1 aromatic carbocycles. The third kappa shape index (κ3) is 2.45. The Kier molecular flexibility index (Phi) is 4.07. The van der Waals surface area contributed by atoms with Crippen LogP contribution in [0.15, 0.2) is 18.2 Å². The van der Waals surface area contributed by atoms with E-state index < -0.39 is 0 Å². The Hall–Kier alpha value is -1.19. The highest BCUT2D eigenvalue weighted by Crippen LogP contribution is 2.42. The quantitative estimate of drug-likeness (QED) is 0.907. The molecule has 0 saturated carbocycles. The first-order valence-electron chi connectivity index (χ1n) is 6.24. The van der Waals surface area contributed by atoms with E-state index in [1.54, 1.807) is 4.68 Å². The lowest BCUT2D eigenvalue weighted by Crippen LogP contribution is -1.98. The van der Waals surface area contributed by atoms with Crippen molar-refractivity contribution in [3.63, 3.8) is 0 Å². The molecule has 0 saturated heterocycles. The Bertz CT molecular complexity index is 585. The van der Waals surface area contributed by atoms with Crippen molar-refractivity contribution in [1.82, 2.24) is 9.78 Å². The summed E-state index contributed by atoms with van der Waals surface area (Å²) in [6.45, 7) is 4.24. The average Bonchev–Trinajstić information content (AvgIpc) is 2.66. The van der Waals surface area contributed by atoms with Crippen molar-refractivity contribution in [1.29, 1.82) is 0 Å². The third-order valence-corrected chi connectivity index (χ3v) is 4.04. The molecule has 0 radical (unpaired) electrons. The molecule has 0 fully saturated rings. The van der Waals surface area contributed by atoms with E-state index in [4.69, 9.17) is 28.9 Å². The second-order valence-corrected chi connectivity index (χ2v) is 5.49. The number of hydrogen-bond acceptors (Lipinski definition) is 2. The number of aryl methyl sites for hydroxylation is 1. The second-order valence-electron chi connectivity index (χ2n) is 4.68. The molecule has 0 spiro atoms. The van der Waals surface area contributed by atoms with Gasteiger partial charge in [0.1, 0.15) is 5.82 Å². The lowest BCUT2D eigenvalue weighted by molar-refractivity contribution is 0.669. The molecule has 3 nitrogen and oxygen atoms in total. The molecule has 0 aliphatic rings. The van der Waals surface area contributed by atoms with Gasteiger partial charge in [-0.25, -0.2) is 0 Å². The summed E-state index contributed by atoms with van der Waals surface area (Å²) >= 11 is 12.6. The molecule has 0 bridgehead atoms. The van der Waals surface area contributed by atoms with Gasteiger partial charge in [0.15, 0.2) is 0 Å². The highest BCUT2D eigenvalue weighted by atomic mass is 35.5. The SMILES string of the molecule is CCC(C)c1nn(C)c(N)c1-c1c(Cl)cccc1Cl. The summed E-state index contributed by atoms with van der Waals surface area (Å²) in [5.41, 5.74) is 8.72. The van der Waals surface area contributed by atoms with Crippen LogP contribution < -0.4 is 5.73 Å². The van der Waals surface area contributed by atoms with E-state index in [1.165, 1.54) is 0 Å². The van der Waals surface area contributed by atoms with Crippen molar-refractivity contribution in [3.05, 3.63) is 33.9 Å². The minimum absolute atomic E-state index is 0.297. The van der Waals surface area contributed by atoms with Crippen molar-refractivity contribution in [2.24, 2.45) is 7.05 Å². The molecule has 19 heavy (non-hydrogen) atoms. The number of nitrogens with two attached hydrogens (primary N) is 1. The van der Waals surface area contributed by atoms with Crippen LogP contribution in [0.3, 0.4) is 0 Å². The van der Waals surface area contributed by atoms with Crippen LogP contribution in [0.5, 0.6) is 0 Å². The van der Waals surface area contributed by atoms with Gasteiger partial charge in [0.25, 0.3) is 0 Å². The molecule has 2 N–H and O–H groups in total. The topological polar surface area (TPSA) is 43.8 Å². The smallest absolute Gasteiger partial charge is 0.129 e. The van der Waals surface area contributed by atoms with E-state index in [0.717, 1.165) is 23.2 Å². The zero-order chi connectivity index (χ0) is 14.2. The normalized spacial score (nSPS) is 12.7. The molecule has 102 valence electrons. The Balaban J connectivity index is 2.74. The van der Waals surface area contributed by atoms with Crippen LogP contribution >= 0.6 is 23.2 Å². The fourth-order valence-corrected chi connectivity index (χ4v) is 2.68. The van der Waals surface area contributed by atoms with Gasteiger partial charge in [-0.1, -0.05) is 43.1 Å². The van der Waals surface area contributed by atoms with Gasteiger partial charge in [0.2, 0.25) is 0 Å². The van der Waals surface area contributed by atoms with E-state index in [0.29, 0.717) is 21.8 Å². The Morgan fingerprint density at radius 3 is 2.37 bits per heavy atom. The lowest BCUT2D eigenvalue weighted by Gasteiger charge is -2.11. The molecule has 5 heteroatoms. The first-order valence-corrected chi connectivity index (χ1v) is 6.99. The van der Waals surface area contributed by atoms with Crippen LogP contribution in [-0.2, 0) is 7.05 Å². The molecule has 1 heterocycles. The zero-order valence-corrected chi connectivity index (χ0v) is 12.8. The Labute approximate surface area is 123 Å². The van der Waals surface area contributed by atoms with Crippen LogP contribution in [0.25, 0.3) is 11.1 Å². The number of nitrogens with zero attached hydrogens (tertiary/aromatic N) is 2. The number of aromatic nitrogens is 2. The van der Waals surface area contributed by atoms with Crippen molar-refractivity contribution < 1.29 is 0 Å². The maximum Gasteiger partial charge on any atom is 0.129 e. The number of hydrogen-bond donors (Lipinski definition) is 1. The summed E-state index contributed by atoms with van der Waals surface area (Å²) in [6, 6.07) is 5.45. The first kappa shape index (κ1) is 14.2. The highest BCUT2D eigenvalue weighted by Gasteiger charge is 2.23. The summed E-state index contributed by atoms with van der Waals surface area (Å²) in [5.74, 6) is 0.885. The minimum atomic E-state index is 0.297. The minimum Gasteiger partial charge on any atom is -0.383 e. The molecule has 0 aliphatic heterocycles. The monoisotopic (exact) mass is 297 g/mol. The average molecular weight is 298 g/mol. The van der Waals surface area contributed by atoms with E-state index >= 15 is 0 Å². The summed E-state index contributed by atoms with van der Waals surface area (Å²) in [4.78, 5) is 0. The van der Waals surface area contributed by atoms with Crippen molar-refractivity contribution in [2.75, 3.05) is 5.73 Å². The van der Waals surface area contributed by atoms with Crippen LogP contribution in [0.1, 0.15) is 31.9 Å². The fourth-order valence-electron chi connectivity index (χ4n) is 2.09. The maximum atomic E-state index is 6.29. The molecule has 1 atom stereocenters. The highest BCUT2D eigenvalue weighted by molar-refractivity contribution is 6.39. The number of anilines is 1. The largest absolute Gasteiger partial charge is 0.383 e. The van der Waals surface area contributed by atoms with E-state index in [-0.39, 0.29) is 0 Å². The molecule has 2 aromatic rings. The Morgan fingerprint density at radius 2 is 1.84 bits per heavy atom. The molecule has 0 amide bonds. The van der Waals surface area contributed by atoms with E-state index in [9.17, 15) is 0 Å². The van der Waals surface area contributed by atoms with Crippen molar-refractivity contribution in [3.8, 4) is 11.1 Å². The van der Waals surface area contributed by atoms with Gasteiger partial charge in [-0.3, -0.25) is 4.68 Å². The predicted molar refractivity (Wildman–Crippen MR) is 81.8 cm³/mol. The number of benzene rings is 1. The molecular weight excluding hydrogens is 281 g/mol. The van der Waals surface area contributed by atoms with Gasteiger partial charge in [0, 0.05) is 18.5 Å². The third-order valence-electron chi connectivity index (χ3n) is 3.41. The lowest BCUT2D eigenvalue weighted by atomic mass is 9.96. The van der Waals surface area contributed by atoms with E-state index in [1.807, 2.05) is 25.2 Å². The Morgan fingerprint density at radius 1 is 1.26 bits per heavy atom. The van der Waals surface area contributed by atoms with Gasteiger partial charge in [-0.05, 0) is 18.6 Å². The van der Waals surface area contributed by atoms with Gasteiger partial charge in [-0.15, -0.1) is 0 Å². The number of halogens is 2. The summed E-state index contributed by atoms with van der Waals surface area (Å²) in [7, 11) is 1.83. The molecule has 1 aromatic heterocycles. The molecule has 2 rings (SSSR count). The standard InChI is InChI=1S/C14H17Cl2N3/c1-4-8(2)13-12(14(17)19(3)18-13)11-9(15)6-5-7-10(11)16/h5-8H,4,17H2,1-3H3. The summed E-state index contributed by atoms with van der Waals surface area (Å²) in [6.07, 6.45) is 0.978. The van der Waals surface area contributed by atoms with Crippen LogP contribution in [0.4, 0.5) is 5.82 Å². The zero-order valence-electron chi connectivity index (χ0n) is 11.2. The van der Waals surface area contributed by atoms with Gasteiger partial charge >= 0.3 is 0 Å². The van der Waals surface area contributed by atoms with Crippen molar-refractivity contribution in [2.45, 2.75) is 26.2 Å². The fraction of sp³-hybridized carbons (Fsp3) is 0.357. The van der Waals surface area contributed by atoms with Crippen molar-refractivity contribution >= 4 is 29.0 Å². The van der Waals surface area contributed by atoms with Crippen LogP contribution in [0, 0.1) is 0 Å². The molecular formula is C14H17Cl2N3. The van der Waals surface area contributed by atoms with E-state index in [2.05, 4.69) is 18.9 Å². The maximum absolute atomic E-state index is 6.29. The first-order chi connectivity index (χ1) is 8.97. The van der Waals surface area contributed by atoms with Crippen LogP contribution in [0.2, 0.25) is 10.0 Å². The summed E-state index contributed by atoms with van der Waals surface area (Å²) < 4.78 is 1.68. The van der Waals surface area contributed by atoms with Gasteiger partial charge in [0.05, 0.1) is 21.3 Å².